The van der Waals surface area contributed by atoms with Gasteiger partial charge in [-0.05, 0) is 18.2 Å². The largest absolute Gasteiger partial charge is 0.398 e. The van der Waals surface area contributed by atoms with Crippen LogP contribution in [0, 0.1) is 5.82 Å². The van der Waals surface area contributed by atoms with Crippen LogP contribution in [0.2, 0.25) is 0 Å². The minimum absolute atomic E-state index is 0.193. The van der Waals surface area contributed by atoms with Crippen LogP contribution < -0.4 is 5.73 Å². The Bertz CT molecular complexity index is 540. The van der Waals surface area contributed by atoms with Crippen LogP contribution in [0.4, 0.5) is 10.1 Å². The summed E-state index contributed by atoms with van der Waals surface area (Å²) in [4.78, 5) is 15.6. The number of hydrogen-bond acceptors (Lipinski definition) is 3. The normalized spacial score (nSPS) is 10.1. The van der Waals surface area contributed by atoms with Gasteiger partial charge < -0.3 is 5.73 Å². The molecule has 0 saturated carbocycles. The lowest BCUT2D eigenvalue weighted by Crippen LogP contribution is -2.05. The van der Waals surface area contributed by atoms with Gasteiger partial charge in [0.1, 0.15) is 5.82 Å². The van der Waals surface area contributed by atoms with E-state index >= 15 is 0 Å². The first-order valence-electron chi connectivity index (χ1n) is 4.68. The standard InChI is InChI=1S/C12H9FN2O/c13-9-5-8(6-15-7-9)12(16)10-3-1-2-4-11(10)14/h1-7H,14H2. The average Bonchev–Trinajstić information content (AvgIpc) is 2.29. The van der Waals surface area contributed by atoms with Crippen LogP contribution in [0.1, 0.15) is 15.9 Å². The van der Waals surface area contributed by atoms with E-state index in [4.69, 9.17) is 5.73 Å². The number of nitrogen functional groups attached to an aromatic ring is 1. The third-order valence-electron chi connectivity index (χ3n) is 2.17. The third-order valence-corrected chi connectivity index (χ3v) is 2.17. The molecule has 2 rings (SSSR count). The van der Waals surface area contributed by atoms with Crippen molar-refractivity contribution in [2.24, 2.45) is 0 Å². The average molecular weight is 216 g/mol. The van der Waals surface area contributed by atoms with E-state index in [1.807, 2.05) is 0 Å². The Labute approximate surface area is 91.7 Å². The fraction of sp³-hybridized carbons (Fsp3) is 0. The third kappa shape index (κ3) is 1.91. The van der Waals surface area contributed by atoms with Crippen LogP contribution in [0.15, 0.2) is 42.7 Å². The molecule has 0 atom stereocenters. The Morgan fingerprint density at radius 2 is 2.00 bits per heavy atom. The molecule has 1 heterocycles. The van der Waals surface area contributed by atoms with Crippen molar-refractivity contribution in [1.29, 1.82) is 0 Å². The number of anilines is 1. The van der Waals surface area contributed by atoms with E-state index in [1.165, 1.54) is 6.20 Å². The van der Waals surface area contributed by atoms with Crippen molar-refractivity contribution in [2.75, 3.05) is 5.73 Å². The molecule has 1 aromatic carbocycles. The van der Waals surface area contributed by atoms with E-state index < -0.39 is 5.82 Å². The summed E-state index contributed by atoms with van der Waals surface area (Å²) in [6.07, 6.45) is 2.36. The quantitative estimate of drug-likeness (QED) is 0.617. The number of benzene rings is 1. The first-order valence-corrected chi connectivity index (χ1v) is 4.68. The molecule has 0 spiro atoms. The maximum absolute atomic E-state index is 12.9. The van der Waals surface area contributed by atoms with Crippen molar-refractivity contribution >= 4 is 11.5 Å². The van der Waals surface area contributed by atoms with Crippen molar-refractivity contribution in [3.8, 4) is 0 Å². The Kier molecular flexibility index (Phi) is 2.64. The molecule has 0 bridgehead atoms. The second-order valence-electron chi connectivity index (χ2n) is 3.31. The van der Waals surface area contributed by atoms with Crippen LogP contribution in [0.5, 0.6) is 0 Å². The van der Waals surface area contributed by atoms with Gasteiger partial charge in [-0.2, -0.15) is 0 Å². The van der Waals surface area contributed by atoms with Crippen LogP contribution >= 0.6 is 0 Å². The Morgan fingerprint density at radius 3 is 2.69 bits per heavy atom. The lowest BCUT2D eigenvalue weighted by Gasteiger charge is -2.03. The number of rotatable bonds is 2. The number of nitrogens with zero attached hydrogens (tertiary/aromatic N) is 1. The van der Waals surface area contributed by atoms with Gasteiger partial charge in [0.15, 0.2) is 5.78 Å². The van der Waals surface area contributed by atoms with Crippen LogP contribution in [-0.2, 0) is 0 Å². The lowest BCUT2D eigenvalue weighted by atomic mass is 10.0. The first-order chi connectivity index (χ1) is 7.68. The molecular formula is C12H9FN2O. The number of carbonyl (C=O) groups excluding carboxylic acids is 1. The topological polar surface area (TPSA) is 56.0 Å². The van der Waals surface area contributed by atoms with Gasteiger partial charge in [0.05, 0.1) is 6.20 Å². The fourth-order valence-electron chi connectivity index (χ4n) is 1.40. The summed E-state index contributed by atoms with van der Waals surface area (Å²) in [7, 11) is 0. The molecule has 0 unspecified atom stereocenters. The van der Waals surface area contributed by atoms with Gasteiger partial charge in [-0.15, -0.1) is 0 Å². The summed E-state index contributed by atoms with van der Waals surface area (Å²) < 4.78 is 12.9. The molecule has 0 saturated heterocycles. The summed E-state index contributed by atoms with van der Waals surface area (Å²) in [5.41, 5.74) is 6.58. The molecule has 3 nitrogen and oxygen atoms in total. The van der Waals surface area contributed by atoms with Crippen molar-refractivity contribution in [3.05, 3.63) is 59.7 Å². The van der Waals surface area contributed by atoms with Gasteiger partial charge in [-0.1, -0.05) is 12.1 Å². The maximum atomic E-state index is 12.9. The smallest absolute Gasteiger partial charge is 0.196 e. The molecule has 0 fully saturated rings. The molecule has 0 aliphatic rings. The fourth-order valence-corrected chi connectivity index (χ4v) is 1.40. The zero-order chi connectivity index (χ0) is 11.5. The molecule has 4 heteroatoms. The van der Waals surface area contributed by atoms with Crippen LogP contribution in [0.3, 0.4) is 0 Å². The van der Waals surface area contributed by atoms with E-state index in [0.29, 0.717) is 11.3 Å². The summed E-state index contributed by atoms with van der Waals surface area (Å²) in [6, 6.07) is 7.80. The molecule has 0 amide bonds. The van der Waals surface area contributed by atoms with Crippen LogP contribution in [0.25, 0.3) is 0 Å². The number of pyridine rings is 1. The number of para-hydroxylation sites is 1. The van der Waals surface area contributed by atoms with Crippen molar-refractivity contribution in [3.63, 3.8) is 0 Å². The zero-order valence-electron chi connectivity index (χ0n) is 8.35. The number of halogens is 1. The molecule has 16 heavy (non-hydrogen) atoms. The zero-order valence-corrected chi connectivity index (χ0v) is 8.35. The van der Waals surface area contributed by atoms with Crippen molar-refractivity contribution in [2.45, 2.75) is 0 Å². The van der Waals surface area contributed by atoms with E-state index in [2.05, 4.69) is 4.98 Å². The highest BCUT2D eigenvalue weighted by molar-refractivity contribution is 6.11. The second kappa shape index (κ2) is 4.10. The molecule has 0 aliphatic heterocycles. The Hall–Kier alpha value is -2.23. The van der Waals surface area contributed by atoms with E-state index in [1.54, 1.807) is 24.3 Å². The van der Waals surface area contributed by atoms with Gasteiger partial charge in [-0.25, -0.2) is 4.39 Å². The highest BCUT2D eigenvalue weighted by atomic mass is 19.1. The Balaban J connectivity index is 2.44. The lowest BCUT2D eigenvalue weighted by molar-refractivity contribution is 0.103. The van der Waals surface area contributed by atoms with Gasteiger partial charge in [0, 0.05) is 23.0 Å². The highest BCUT2D eigenvalue weighted by Gasteiger charge is 2.12. The minimum atomic E-state index is -0.541. The summed E-state index contributed by atoms with van der Waals surface area (Å²) >= 11 is 0. The van der Waals surface area contributed by atoms with Gasteiger partial charge >= 0.3 is 0 Å². The number of nitrogens with two attached hydrogens (primary N) is 1. The predicted octanol–water partition coefficient (Wildman–Crippen LogP) is 2.03. The summed E-state index contributed by atoms with van der Waals surface area (Å²) in [5, 5.41) is 0. The molecule has 0 radical (unpaired) electrons. The van der Waals surface area contributed by atoms with Crippen molar-refractivity contribution in [1.82, 2.24) is 4.98 Å². The maximum Gasteiger partial charge on any atom is 0.196 e. The molecule has 1 aromatic heterocycles. The predicted molar refractivity (Wildman–Crippen MR) is 58.5 cm³/mol. The molecular weight excluding hydrogens is 207 g/mol. The van der Waals surface area contributed by atoms with Gasteiger partial charge in [0.25, 0.3) is 0 Å². The van der Waals surface area contributed by atoms with Gasteiger partial charge in [-0.3, -0.25) is 9.78 Å². The summed E-state index contributed by atoms with van der Waals surface area (Å²) in [5.74, 6) is -0.870. The van der Waals surface area contributed by atoms with Gasteiger partial charge in [0.2, 0.25) is 0 Å². The van der Waals surface area contributed by atoms with Crippen LogP contribution in [-0.4, -0.2) is 10.8 Å². The minimum Gasteiger partial charge on any atom is -0.398 e. The number of carbonyl (C=O) groups is 1. The molecule has 80 valence electrons. The van der Waals surface area contributed by atoms with E-state index in [9.17, 15) is 9.18 Å². The monoisotopic (exact) mass is 216 g/mol. The number of hydrogen-bond donors (Lipinski definition) is 1. The van der Waals surface area contributed by atoms with E-state index in [0.717, 1.165) is 12.3 Å². The number of ketones is 1. The highest BCUT2D eigenvalue weighted by Crippen LogP contribution is 2.15. The summed E-state index contributed by atoms with van der Waals surface area (Å²) in [6.45, 7) is 0. The first kappa shape index (κ1) is 10.3. The molecule has 2 aromatic rings. The SMILES string of the molecule is Nc1ccccc1C(=O)c1cncc(F)c1. The second-order valence-corrected chi connectivity index (χ2v) is 3.31. The number of aromatic nitrogens is 1. The van der Waals surface area contributed by atoms with E-state index in [-0.39, 0.29) is 11.3 Å². The Morgan fingerprint density at radius 1 is 1.25 bits per heavy atom. The molecule has 2 N–H and O–H groups in total. The van der Waals surface area contributed by atoms with Crippen molar-refractivity contribution < 1.29 is 9.18 Å². The molecule has 0 aliphatic carbocycles.